The Balaban J connectivity index is 1.78. The van der Waals surface area contributed by atoms with Gasteiger partial charge in [0.1, 0.15) is 0 Å². The van der Waals surface area contributed by atoms with E-state index >= 15 is 0 Å². The maximum atomic E-state index is 12.7. The molecule has 1 aliphatic carbocycles. The number of carbonyl (C=O) groups excluding carboxylic acids is 1. The number of nitrogens with one attached hydrogen (secondary N) is 2. The molecule has 0 aromatic heterocycles. The number of rotatable bonds is 9. The van der Waals surface area contributed by atoms with Crippen molar-refractivity contribution in [2.24, 2.45) is 10.4 Å². The summed E-state index contributed by atoms with van der Waals surface area (Å²) < 4.78 is 0. The maximum Gasteiger partial charge on any atom is 0.230 e. The van der Waals surface area contributed by atoms with E-state index in [-0.39, 0.29) is 11.3 Å². The van der Waals surface area contributed by atoms with Crippen molar-refractivity contribution in [3.8, 4) is 0 Å². The lowest BCUT2D eigenvalue weighted by atomic mass is 9.85. The SMILES string of the molecule is CCNC(=NCC1(C(=O)N(C)C)CCCC1)NCCCCN1CCCCC1C. The summed E-state index contributed by atoms with van der Waals surface area (Å²) in [5, 5.41) is 6.82. The first kappa shape index (κ1) is 23.0. The number of aliphatic imine (C=N–C) groups is 1. The zero-order valence-corrected chi connectivity index (χ0v) is 18.7. The predicted octanol–water partition coefficient (Wildman–Crippen LogP) is 2.84. The molecule has 1 saturated carbocycles. The average Bonchev–Trinajstić information content (AvgIpc) is 3.16. The molecule has 0 spiro atoms. The molecule has 1 amide bonds. The summed E-state index contributed by atoms with van der Waals surface area (Å²) in [6.45, 7) is 9.28. The van der Waals surface area contributed by atoms with Gasteiger partial charge >= 0.3 is 0 Å². The zero-order valence-electron chi connectivity index (χ0n) is 18.7. The van der Waals surface area contributed by atoms with Crippen LogP contribution in [0.5, 0.6) is 0 Å². The molecule has 6 nitrogen and oxygen atoms in total. The normalized spacial score (nSPS) is 22.9. The third kappa shape index (κ3) is 6.64. The molecule has 0 bridgehead atoms. The van der Waals surface area contributed by atoms with E-state index in [0.29, 0.717) is 6.54 Å². The number of unbranched alkanes of at least 4 members (excludes halogenated alkanes) is 1. The first-order valence-corrected chi connectivity index (χ1v) is 11.5. The summed E-state index contributed by atoms with van der Waals surface area (Å²) in [6, 6.07) is 0.748. The number of nitrogens with zero attached hydrogens (tertiary/aromatic N) is 3. The molecule has 2 rings (SSSR count). The van der Waals surface area contributed by atoms with Gasteiger partial charge in [-0.2, -0.15) is 0 Å². The fourth-order valence-corrected chi connectivity index (χ4v) is 4.67. The molecule has 1 heterocycles. The number of guanidine groups is 1. The quantitative estimate of drug-likeness (QED) is 0.359. The van der Waals surface area contributed by atoms with E-state index in [1.54, 1.807) is 4.90 Å². The minimum Gasteiger partial charge on any atom is -0.357 e. The van der Waals surface area contributed by atoms with Crippen LogP contribution in [0, 0.1) is 5.41 Å². The van der Waals surface area contributed by atoms with Gasteiger partial charge in [-0.15, -0.1) is 0 Å². The lowest BCUT2D eigenvalue weighted by molar-refractivity contribution is -0.138. The second kappa shape index (κ2) is 11.6. The highest BCUT2D eigenvalue weighted by atomic mass is 16.2. The Hall–Kier alpha value is -1.30. The first-order chi connectivity index (χ1) is 13.5. The highest BCUT2D eigenvalue weighted by molar-refractivity contribution is 5.84. The van der Waals surface area contributed by atoms with E-state index in [9.17, 15) is 4.79 Å². The average molecular weight is 394 g/mol. The number of hydrogen-bond acceptors (Lipinski definition) is 3. The van der Waals surface area contributed by atoms with Gasteiger partial charge in [-0.25, -0.2) is 0 Å². The molecule has 1 atom stereocenters. The second-order valence-corrected chi connectivity index (χ2v) is 8.90. The van der Waals surface area contributed by atoms with E-state index in [1.807, 2.05) is 14.1 Å². The van der Waals surface area contributed by atoms with Crippen molar-refractivity contribution in [2.75, 3.05) is 46.8 Å². The fourth-order valence-electron chi connectivity index (χ4n) is 4.67. The highest BCUT2D eigenvalue weighted by Crippen LogP contribution is 2.39. The summed E-state index contributed by atoms with van der Waals surface area (Å²) >= 11 is 0. The number of amides is 1. The van der Waals surface area contributed by atoms with Gasteiger partial charge in [0.2, 0.25) is 5.91 Å². The molecule has 2 aliphatic rings. The molecule has 1 aliphatic heterocycles. The van der Waals surface area contributed by atoms with Gasteiger partial charge < -0.3 is 20.4 Å². The molecule has 162 valence electrons. The van der Waals surface area contributed by atoms with Crippen molar-refractivity contribution >= 4 is 11.9 Å². The standard InChI is InChI=1S/C22H43N5O/c1-5-23-21(24-15-9-11-17-27-16-10-6-12-19(27)2)25-18-22(13-7-8-14-22)20(28)26(3)4/h19H,5-18H2,1-4H3,(H2,23,24,25). The number of carbonyl (C=O) groups is 1. The van der Waals surface area contributed by atoms with Gasteiger partial charge in [0.15, 0.2) is 5.96 Å². The molecule has 0 radical (unpaired) electrons. The minimum atomic E-state index is -0.295. The molecule has 6 heteroatoms. The number of likely N-dealkylation sites (tertiary alicyclic amines) is 1. The highest BCUT2D eigenvalue weighted by Gasteiger charge is 2.42. The lowest BCUT2D eigenvalue weighted by Gasteiger charge is -2.33. The Morgan fingerprint density at radius 2 is 1.89 bits per heavy atom. The fraction of sp³-hybridized carbons (Fsp3) is 0.909. The number of hydrogen-bond donors (Lipinski definition) is 2. The lowest BCUT2D eigenvalue weighted by Crippen LogP contribution is -2.43. The van der Waals surface area contributed by atoms with Crippen LogP contribution in [0.15, 0.2) is 4.99 Å². The summed E-state index contributed by atoms with van der Waals surface area (Å²) in [4.78, 5) is 21.9. The largest absolute Gasteiger partial charge is 0.357 e. The van der Waals surface area contributed by atoms with Gasteiger partial charge in [-0.05, 0) is 65.5 Å². The summed E-state index contributed by atoms with van der Waals surface area (Å²) in [5.41, 5.74) is -0.295. The van der Waals surface area contributed by atoms with Crippen molar-refractivity contribution in [2.45, 2.75) is 77.7 Å². The van der Waals surface area contributed by atoms with Gasteiger partial charge in [0, 0.05) is 33.2 Å². The topological polar surface area (TPSA) is 60.0 Å². The van der Waals surface area contributed by atoms with E-state index in [4.69, 9.17) is 4.99 Å². The molecule has 1 saturated heterocycles. The summed E-state index contributed by atoms with van der Waals surface area (Å²) in [7, 11) is 3.72. The molecule has 2 fully saturated rings. The molecular formula is C22H43N5O. The summed E-state index contributed by atoms with van der Waals surface area (Å²) in [6.07, 6.45) is 10.6. The van der Waals surface area contributed by atoms with Crippen LogP contribution < -0.4 is 10.6 Å². The van der Waals surface area contributed by atoms with Crippen molar-refractivity contribution in [3.63, 3.8) is 0 Å². The van der Waals surface area contributed by atoms with Gasteiger partial charge in [-0.3, -0.25) is 9.79 Å². The van der Waals surface area contributed by atoms with Crippen LogP contribution in [-0.4, -0.2) is 74.5 Å². The van der Waals surface area contributed by atoms with E-state index < -0.39 is 0 Å². The van der Waals surface area contributed by atoms with Crippen molar-refractivity contribution in [1.29, 1.82) is 0 Å². The monoisotopic (exact) mass is 393 g/mol. The third-order valence-electron chi connectivity index (χ3n) is 6.41. The van der Waals surface area contributed by atoms with Crippen LogP contribution in [0.4, 0.5) is 0 Å². The molecule has 28 heavy (non-hydrogen) atoms. The van der Waals surface area contributed by atoms with E-state index in [2.05, 4.69) is 29.4 Å². The Bertz CT molecular complexity index is 499. The van der Waals surface area contributed by atoms with Crippen molar-refractivity contribution in [3.05, 3.63) is 0 Å². The van der Waals surface area contributed by atoms with Gasteiger partial charge in [-0.1, -0.05) is 19.3 Å². The Morgan fingerprint density at radius 1 is 1.14 bits per heavy atom. The number of piperidine rings is 1. The van der Waals surface area contributed by atoms with Crippen LogP contribution in [0.1, 0.15) is 71.6 Å². The Kier molecular flexibility index (Phi) is 9.56. The zero-order chi connectivity index (χ0) is 20.4. The van der Waals surface area contributed by atoms with Gasteiger partial charge in [0.05, 0.1) is 12.0 Å². The van der Waals surface area contributed by atoms with E-state index in [1.165, 1.54) is 38.8 Å². The van der Waals surface area contributed by atoms with Crippen LogP contribution in [0.2, 0.25) is 0 Å². The maximum absolute atomic E-state index is 12.7. The van der Waals surface area contributed by atoms with Gasteiger partial charge in [0.25, 0.3) is 0 Å². The smallest absolute Gasteiger partial charge is 0.230 e. The predicted molar refractivity (Wildman–Crippen MR) is 118 cm³/mol. The minimum absolute atomic E-state index is 0.236. The van der Waals surface area contributed by atoms with Crippen molar-refractivity contribution in [1.82, 2.24) is 20.4 Å². The second-order valence-electron chi connectivity index (χ2n) is 8.90. The van der Waals surface area contributed by atoms with Crippen LogP contribution >= 0.6 is 0 Å². The molecule has 1 unspecified atom stereocenters. The third-order valence-corrected chi connectivity index (χ3v) is 6.41. The molecular weight excluding hydrogens is 350 g/mol. The molecule has 0 aromatic rings. The summed E-state index contributed by atoms with van der Waals surface area (Å²) in [5.74, 6) is 1.09. The molecule has 0 aromatic carbocycles. The molecule has 2 N–H and O–H groups in total. The van der Waals surface area contributed by atoms with E-state index in [0.717, 1.165) is 57.2 Å². The van der Waals surface area contributed by atoms with Crippen LogP contribution in [0.25, 0.3) is 0 Å². The Labute approximate surface area is 172 Å². The first-order valence-electron chi connectivity index (χ1n) is 11.5. The van der Waals surface area contributed by atoms with Crippen LogP contribution in [-0.2, 0) is 4.79 Å². The van der Waals surface area contributed by atoms with Crippen LogP contribution in [0.3, 0.4) is 0 Å². The Morgan fingerprint density at radius 3 is 2.54 bits per heavy atom. The van der Waals surface area contributed by atoms with Crippen molar-refractivity contribution < 1.29 is 4.79 Å².